The fourth-order valence-electron chi connectivity index (χ4n) is 1.10. The Bertz CT molecular complexity index is 434. The quantitative estimate of drug-likeness (QED) is 0.764. The van der Waals surface area contributed by atoms with Gasteiger partial charge in [-0.15, -0.1) is 0 Å². The Morgan fingerprint density at radius 1 is 1.13 bits per heavy atom. The Labute approximate surface area is 97.7 Å². The summed E-state index contributed by atoms with van der Waals surface area (Å²) in [5.41, 5.74) is 1.05. The number of thioether (sulfide) groups is 1. The van der Waals surface area contributed by atoms with Crippen molar-refractivity contribution < 1.29 is 0 Å². The molecule has 0 aliphatic carbocycles. The van der Waals surface area contributed by atoms with Crippen LogP contribution in [0.2, 0.25) is 5.02 Å². The molecule has 0 saturated carbocycles. The zero-order chi connectivity index (χ0) is 10.5. The summed E-state index contributed by atoms with van der Waals surface area (Å²) >= 11 is 7.49. The molecule has 15 heavy (non-hydrogen) atoms. The molecule has 0 radical (unpaired) electrons. The van der Waals surface area contributed by atoms with Crippen LogP contribution in [0.5, 0.6) is 0 Å². The van der Waals surface area contributed by atoms with Gasteiger partial charge in [-0.3, -0.25) is 4.98 Å². The van der Waals surface area contributed by atoms with E-state index in [2.05, 4.69) is 9.97 Å². The lowest BCUT2D eigenvalue weighted by Gasteiger charge is -2.00. The molecule has 0 spiro atoms. The molecule has 0 aliphatic heterocycles. The Morgan fingerprint density at radius 2 is 2.07 bits per heavy atom. The van der Waals surface area contributed by atoms with Crippen molar-refractivity contribution in [1.82, 2.24) is 9.97 Å². The van der Waals surface area contributed by atoms with Crippen LogP contribution in [0.4, 0.5) is 0 Å². The van der Waals surface area contributed by atoms with E-state index in [0.29, 0.717) is 5.02 Å². The van der Waals surface area contributed by atoms with Crippen LogP contribution in [0.1, 0.15) is 5.69 Å². The van der Waals surface area contributed by atoms with Crippen LogP contribution in [0.25, 0.3) is 0 Å². The van der Waals surface area contributed by atoms with Crippen LogP contribution < -0.4 is 0 Å². The van der Waals surface area contributed by atoms with Crippen molar-refractivity contribution in [2.75, 3.05) is 0 Å². The third-order valence-corrected chi connectivity index (χ3v) is 2.99. The maximum absolute atomic E-state index is 5.86. The maximum atomic E-state index is 5.86. The summed E-state index contributed by atoms with van der Waals surface area (Å²) in [5.74, 6) is 0.814. The normalized spacial score (nSPS) is 10.2. The molecule has 0 atom stereocenters. The van der Waals surface area contributed by atoms with Gasteiger partial charge in [0.2, 0.25) is 0 Å². The summed E-state index contributed by atoms with van der Waals surface area (Å²) < 4.78 is 0. The first-order chi connectivity index (χ1) is 7.34. The molecule has 0 unspecified atom stereocenters. The van der Waals surface area contributed by atoms with Gasteiger partial charge in [0.15, 0.2) is 0 Å². The SMILES string of the molecule is Clc1ccnc(SCc2ccccn2)c1. The number of hydrogen-bond acceptors (Lipinski definition) is 3. The summed E-state index contributed by atoms with van der Waals surface area (Å²) in [7, 11) is 0. The molecule has 0 amide bonds. The number of halogens is 1. The van der Waals surface area contributed by atoms with Gasteiger partial charge in [-0.05, 0) is 24.3 Å². The maximum Gasteiger partial charge on any atom is 0.0978 e. The molecule has 4 heteroatoms. The van der Waals surface area contributed by atoms with Crippen molar-refractivity contribution in [1.29, 1.82) is 0 Å². The number of hydrogen-bond donors (Lipinski definition) is 0. The lowest BCUT2D eigenvalue weighted by molar-refractivity contribution is 1.12. The lowest BCUT2D eigenvalue weighted by Crippen LogP contribution is -1.85. The Kier molecular flexibility index (Phi) is 3.59. The standard InChI is InChI=1S/C11H9ClN2S/c12-9-4-6-14-11(7-9)15-8-10-3-1-2-5-13-10/h1-7H,8H2. The fraction of sp³-hybridized carbons (Fsp3) is 0.0909. The molecule has 76 valence electrons. The smallest absolute Gasteiger partial charge is 0.0978 e. The highest BCUT2D eigenvalue weighted by Crippen LogP contribution is 2.21. The molecule has 2 heterocycles. The van der Waals surface area contributed by atoms with Crippen molar-refractivity contribution in [2.24, 2.45) is 0 Å². The molecule has 0 bridgehead atoms. The van der Waals surface area contributed by atoms with Crippen molar-refractivity contribution >= 4 is 23.4 Å². The average Bonchev–Trinajstić information content (AvgIpc) is 2.28. The Morgan fingerprint density at radius 3 is 2.80 bits per heavy atom. The molecule has 0 N–H and O–H groups in total. The second-order valence-corrected chi connectivity index (χ2v) is 4.35. The van der Waals surface area contributed by atoms with Crippen molar-refractivity contribution in [3.05, 3.63) is 53.4 Å². The van der Waals surface area contributed by atoms with E-state index in [1.807, 2.05) is 24.3 Å². The third-order valence-electron chi connectivity index (χ3n) is 1.79. The summed E-state index contributed by atoms with van der Waals surface area (Å²) in [6.45, 7) is 0. The number of pyridine rings is 2. The molecule has 2 aromatic heterocycles. The van der Waals surface area contributed by atoms with E-state index >= 15 is 0 Å². The Balaban J connectivity index is 1.99. The van der Waals surface area contributed by atoms with Crippen LogP contribution in [0, 0.1) is 0 Å². The molecule has 0 aliphatic rings. The van der Waals surface area contributed by atoms with Gasteiger partial charge in [0.1, 0.15) is 0 Å². The van der Waals surface area contributed by atoms with Gasteiger partial charge in [0.25, 0.3) is 0 Å². The van der Waals surface area contributed by atoms with Gasteiger partial charge in [-0.2, -0.15) is 0 Å². The van der Waals surface area contributed by atoms with Crippen molar-refractivity contribution in [3.63, 3.8) is 0 Å². The number of nitrogens with zero attached hydrogens (tertiary/aromatic N) is 2. The summed E-state index contributed by atoms with van der Waals surface area (Å²) in [4.78, 5) is 8.44. The van der Waals surface area contributed by atoms with Crippen LogP contribution in [0.15, 0.2) is 47.8 Å². The van der Waals surface area contributed by atoms with Gasteiger partial charge in [-0.1, -0.05) is 29.4 Å². The van der Waals surface area contributed by atoms with Crippen LogP contribution in [-0.2, 0) is 5.75 Å². The zero-order valence-electron chi connectivity index (χ0n) is 7.93. The number of rotatable bonds is 3. The molecule has 2 nitrogen and oxygen atoms in total. The minimum absolute atomic E-state index is 0.716. The first-order valence-electron chi connectivity index (χ1n) is 4.49. The predicted octanol–water partition coefficient (Wildman–Crippen LogP) is 3.42. The highest BCUT2D eigenvalue weighted by atomic mass is 35.5. The molecule has 2 aromatic rings. The lowest BCUT2D eigenvalue weighted by atomic mass is 10.4. The predicted molar refractivity (Wildman–Crippen MR) is 63.0 cm³/mol. The molecular formula is C11H9ClN2S. The van der Waals surface area contributed by atoms with E-state index in [9.17, 15) is 0 Å². The van der Waals surface area contributed by atoms with Crippen LogP contribution in [0.3, 0.4) is 0 Å². The Hall–Kier alpha value is -1.06. The first kappa shape index (κ1) is 10.5. The van der Waals surface area contributed by atoms with Gasteiger partial charge in [-0.25, -0.2) is 4.98 Å². The number of aromatic nitrogens is 2. The second kappa shape index (κ2) is 5.14. The molecule has 0 saturated heterocycles. The largest absolute Gasteiger partial charge is 0.260 e. The molecule has 2 rings (SSSR count). The first-order valence-corrected chi connectivity index (χ1v) is 5.85. The second-order valence-electron chi connectivity index (χ2n) is 2.92. The van der Waals surface area contributed by atoms with Crippen molar-refractivity contribution in [3.8, 4) is 0 Å². The topological polar surface area (TPSA) is 25.8 Å². The van der Waals surface area contributed by atoms with E-state index in [1.165, 1.54) is 0 Å². The average molecular weight is 237 g/mol. The summed E-state index contributed by atoms with van der Waals surface area (Å²) in [5, 5.41) is 1.64. The van der Waals surface area contributed by atoms with Gasteiger partial charge in [0.05, 0.1) is 10.7 Å². The summed E-state index contributed by atoms with van der Waals surface area (Å²) in [6.07, 6.45) is 3.50. The molecular weight excluding hydrogens is 228 g/mol. The fourth-order valence-corrected chi connectivity index (χ4v) is 2.13. The molecule has 0 aromatic carbocycles. The van der Waals surface area contributed by atoms with E-state index in [0.717, 1.165) is 16.5 Å². The minimum Gasteiger partial charge on any atom is -0.260 e. The monoisotopic (exact) mass is 236 g/mol. The van der Waals surface area contributed by atoms with Gasteiger partial charge in [0, 0.05) is 23.2 Å². The van der Waals surface area contributed by atoms with Gasteiger partial charge >= 0.3 is 0 Å². The van der Waals surface area contributed by atoms with Crippen LogP contribution in [-0.4, -0.2) is 9.97 Å². The van der Waals surface area contributed by atoms with Crippen LogP contribution >= 0.6 is 23.4 Å². The van der Waals surface area contributed by atoms with Crippen molar-refractivity contribution in [2.45, 2.75) is 10.8 Å². The van der Waals surface area contributed by atoms with E-state index in [4.69, 9.17) is 11.6 Å². The minimum atomic E-state index is 0.716. The zero-order valence-corrected chi connectivity index (χ0v) is 9.50. The third kappa shape index (κ3) is 3.22. The highest BCUT2D eigenvalue weighted by molar-refractivity contribution is 7.98. The summed E-state index contributed by atoms with van der Waals surface area (Å²) in [6, 6.07) is 9.51. The van der Waals surface area contributed by atoms with E-state index < -0.39 is 0 Å². The van der Waals surface area contributed by atoms with E-state index in [-0.39, 0.29) is 0 Å². The highest BCUT2D eigenvalue weighted by Gasteiger charge is 1.98. The van der Waals surface area contributed by atoms with E-state index in [1.54, 1.807) is 30.2 Å². The van der Waals surface area contributed by atoms with Gasteiger partial charge < -0.3 is 0 Å². The molecule has 0 fully saturated rings.